The van der Waals surface area contributed by atoms with E-state index >= 15 is 0 Å². The first kappa shape index (κ1) is 19.0. The summed E-state index contributed by atoms with van der Waals surface area (Å²) in [5, 5.41) is 6.11. The Morgan fingerprint density at radius 3 is 2.36 bits per heavy atom. The first-order valence-electron chi connectivity index (χ1n) is 8.13. The molecule has 2 aromatic carbocycles. The Labute approximate surface area is 153 Å². The van der Waals surface area contributed by atoms with E-state index in [1.807, 2.05) is 30.0 Å². The Balaban J connectivity index is 0.00000225. The van der Waals surface area contributed by atoms with E-state index in [9.17, 15) is 9.59 Å². The fraction of sp³-hybridized carbons (Fsp3) is 0.263. The largest absolute Gasteiger partial charge is 0.333 e. The molecule has 0 spiro atoms. The summed E-state index contributed by atoms with van der Waals surface area (Å²) in [6.07, 6.45) is 0. The maximum Gasteiger partial charge on any atom is 0.255 e. The van der Waals surface area contributed by atoms with Gasteiger partial charge in [0.2, 0.25) is 0 Å². The van der Waals surface area contributed by atoms with Gasteiger partial charge in [-0.05, 0) is 43.3 Å². The quantitative estimate of drug-likeness (QED) is 0.885. The van der Waals surface area contributed by atoms with Crippen molar-refractivity contribution in [2.45, 2.75) is 13.0 Å². The highest BCUT2D eigenvalue weighted by atomic mass is 35.5. The van der Waals surface area contributed by atoms with Gasteiger partial charge in [0.05, 0.1) is 0 Å². The number of carbonyl (C=O) groups excluding carboxylic acids is 2. The molecule has 1 atom stereocenters. The number of hydrogen-bond donors (Lipinski definition) is 2. The van der Waals surface area contributed by atoms with Gasteiger partial charge in [0.1, 0.15) is 0 Å². The Morgan fingerprint density at radius 1 is 1.04 bits per heavy atom. The van der Waals surface area contributed by atoms with Crippen LogP contribution in [0.15, 0.2) is 54.6 Å². The lowest BCUT2D eigenvalue weighted by atomic mass is 10.1. The lowest BCUT2D eigenvalue weighted by molar-refractivity contribution is 0.0655. The van der Waals surface area contributed by atoms with Gasteiger partial charge in [-0.3, -0.25) is 9.59 Å². The summed E-state index contributed by atoms with van der Waals surface area (Å²) in [5.74, 6) is -0.129. The Morgan fingerprint density at radius 2 is 1.72 bits per heavy atom. The van der Waals surface area contributed by atoms with E-state index in [0.717, 1.165) is 13.1 Å². The highest BCUT2D eigenvalue weighted by molar-refractivity contribution is 6.04. The van der Waals surface area contributed by atoms with Crippen molar-refractivity contribution in [3.8, 4) is 0 Å². The average Bonchev–Trinajstić information content (AvgIpc) is 2.63. The van der Waals surface area contributed by atoms with Crippen LogP contribution in [0, 0.1) is 0 Å². The molecule has 3 rings (SSSR count). The summed E-state index contributed by atoms with van der Waals surface area (Å²) in [6, 6.07) is 16.3. The van der Waals surface area contributed by atoms with Crippen LogP contribution < -0.4 is 10.6 Å². The molecule has 1 saturated heterocycles. The topological polar surface area (TPSA) is 61.4 Å². The number of carbonyl (C=O) groups is 2. The van der Waals surface area contributed by atoms with Gasteiger partial charge in [0.15, 0.2) is 0 Å². The molecule has 2 amide bonds. The van der Waals surface area contributed by atoms with Crippen LogP contribution in [0.3, 0.4) is 0 Å². The molecule has 2 N–H and O–H groups in total. The number of nitrogens with one attached hydrogen (secondary N) is 2. The third-order valence-electron chi connectivity index (χ3n) is 4.19. The van der Waals surface area contributed by atoms with Gasteiger partial charge >= 0.3 is 0 Å². The van der Waals surface area contributed by atoms with Crippen LogP contribution >= 0.6 is 12.4 Å². The summed E-state index contributed by atoms with van der Waals surface area (Å²) in [6.45, 7) is 4.39. The maximum absolute atomic E-state index is 12.6. The van der Waals surface area contributed by atoms with Crippen molar-refractivity contribution >= 4 is 29.9 Å². The van der Waals surface area contributed by atoms with Gasteiger partial charge in [-0.2, -0.15) is 0 Å². The Hall–Kier alpha value is -2.37. The minimum atomic E-state index is -0.162. The van der Waals surface area contributed by atoms with Crippen LogP contribution in [-0.4, -0.2) is 42.4 Å². The Kier molecular flexibility index (Phi) is 6.56. The molecule has 25 heavy (non-hydrogen) atoms. The smallest absolute Gasteiger partial charge is 0.255 e. The minimum absolute atomic E-state index is 0. The number of amides is 2. The predicted molar refractivity (Wildman–Crippen MR) is 101 cm³/mol. The molecule has 0 bridgehead atoms. The highest BCUT2D eigenvalue weighted by Gasteiger charge is 2.23. The van der Waals surface area contributed by atoms with Crippen LogP contribution in [0.1, 0.15) is 27.6 Å². The molecule has 5 nitrogen and oxygen atoms in total. The maximum atomic E-state index is 12.6. The zero-order valence-corrected chi connectivity index (χ0v) is 14.9. The molecule has 1 aliphatic heterocycles. The zero-order chi connectivity index (χ0) is 16.9. The SMILES string of the molecule is C[C@@H]1CNCCN1C(=O)c1ccc(NC(=O)c2ccccc2)cc1.Cl. The van der Waals surface area contributed by atoms with E-state index in [1.54, 1.807) is 36.4 Å². The van der Waals surface area contributed by atoms with Crippen molar-refractivity contribution in [3.63, 3.8) is 0 Å². The molecular formula is C19H22ClN3O2. The molecule has 1 heterocycles. The molecular weight excluding hydrogens is 338 g/mol. The van der Waals surface area contributed by atoms with E-state index in [1.165, 1.54) is 0 Å². The number of benzene rings is 2. The lowest BCUT2D eigenvalue weighted by Gasteiger charge is -2.34. The van der Waals surface area contributed by atoms with Gasteiger partial charge in [0, 0.05) is 42.5 Å². The van der Waals surface area contributed by atoms with Crippen LogP contribution in [0.4, 0.5) is 5.69 Å². The summed E-state index contributed by atoms with van der Waals surface area (Å²) < 4.78 is 0. The summed E-state index contributed by atoms with van der Waals surface area (Å²) in [7, 11) is 0. The zero-order valence-electron chi connectivity index (χ0n) is 14.1. The van der Waals surface area contributed by atoms with Gasteiger partial charge in [0.25, 0.3) is 11.8 Å². The second-order valence-electron chi connectivity index (χ2n) is 5.95. The van der Waals surface area contributed by atoms with Crippen LogP contribution in [0.5, 0.6) is 0 Å². The van der Waals surface area contributed by atoms with Crippen molar-refractivity contribution < 1.29 is 9.59 Å². The van der Waals surface area contributed by atoms with Gasteiger partial charge in [-0.1, -0.05) is 18.2 Å². The molecule has 6 heteroatoms. The number of nitrogens with zero attached hydrogens (tertiary/aromatic N) is 1. The molecule has 2 aromatic rings. The van der Waals surface area contributed by atoms with E-state index in [4.69, 9.17) is 0 Å². The first-order chi connectivity index (χ1) is 11.6. The van der Waals surface area contributed by atoms with E-state index < -0.39 is 0 Å². The van der Waals surface area contributed by atoms with Crippen molar-refractivity contribution in [1.29, 1.82) is 0 Å². The fourth-order valence-corrected chi connectivity index (χ4v) is 2.80. The van der Waals surface area contributed by atoms with Crippen LogP contribution in [-0.2, 0) is 0 Å². The minimum Gasteiger partial charge on any atom is -0.333 e. The monoisotopic (exact) mass is 359 g/mol. The second kappa shape index (κ2) is 8.65. The fourth-order valence-electron chi connectivity index (χ4n) is 2.80. The lowest BCUT2D eigenvalue weighted by Crippen LogP contribution is -2.52. The standard InChI is InChI=1S/C19H21N3O2.ClH/c1-14-13-20-11-12-22(14)19(24)16-7-9-17(10-8-16)21-18(23)15-5-3-2-4-6-15;/h2-10,14,20H,11-13H2,1H3,(H,21,23);1H/t14-;/m1./s1. The predicted octanol–water partition coefficient (Wildman–Crippen LogP) is 2.79. The molecule has 0 radical (unpaired) electrons. The molecule has 1 aliphatic rings. The number of halogens is 1. The second-order valence-corrected chi connectivity index (χ2v) is 5.95. The molecule has 0 aliphatic carbocycles. The summed E-state index contributed by atoms with van der Waals surface area (Å²) in [5.41, 5.74) is 1.92. The molecule has 0 unspecified atom stereocenters. The first-order valence-corrected chi connectivity index (χ1v) is 8.13. The van der Waals surface area contributed by atoms with Crippen molar-refractivity contribution in [2.75, 3.05) is 25.0 Å². The van der Waals surface area contributed by atoms with Crippen molar-refractivity contribution in [1.82, 2.24) is 10.2 Å². The Bertz CT molecular complexity index is 719. The summed E-state index contributed by atoms with van der Waals surface area (Å²) in [4.78, 5) is 26.6. The number of anilines is 1. The third-order valence-corrected chi connectivity index (χ3v) is 4.19. The number of rotatable bonds is 3. The van der Waals surface area contributed by atoms with Crippen molar-refractivity contribution in [2.24, 2.45) is 0 Å². The summed E-state index contributed by atoms with van der Waals surface area (Å²) >= 11 is 0. The number of hydrogen-bond acceptors (Lipinski definition) is 3. The molecule has 1 fully saturated rings. The van der Waals surface area contributed by atoms with E-state index in [-0.39, 0.29) is 30.3 Å². The molecule has 132 valence electrons. The van der Waals surface area contributed by atoms with Crippen LogP contribution in [0.25, 0.3) is 0 Å². The van der Waals surface area contributed by atoms with Gasteiger partial charge < -0.3 is 15.5 Å². The third kappa shape index (κ3) is 4.59. The van der Waals surface area contributed by atoms with E-state index in [2.05, 4.69) is 10.6 Å². The molecule has 0 saturated carbocycles. The van der Waals surface area contributed by atoms with Gasteiger partial charge in [-0.15, -0.1) is 12.4 Å². The van der Waals surface area contributed by atoms with Crippen LogP contribution in [0.2, 0.25) is 0 Å². The highest BCUT2D eigenvalue weighted by Crippen LogP contribution is 2.15. The normalized spacial score (nSPS) is 16.7. The van der Waals surface area contributed by atoms with Gasteiger partial charge in [-0.25, -0.2) is 0 Å². The average molecular weight is 360 g/mol. The van der Waals surface area contributed by atoms with Crippen molar-refractivity contribution in [3.05, 3.63) is 65.7 Å². The molecule has 0 aromatic heterocycles. The number of piperazine rings is 1. The van der Waals surface area contributed by atoms with E-state index in [0.29, 0.717) is 23.4 Å².